The van der Waals surface area contributed by atoms with Crippen LogP contribution in [0.3, 0.4) is 0 Å². The van der Waals surface area contributed by atoms with Crippen LogP contribution in [0.4, 0.5) is 15.9 Å². The number of aliphatic hydroxyl groups is 1. The first kappa shape index (κ1) is 25.4. The lowest BCUT2D eigenvalue weighted by molar-refractivity contribution is -0.0300. The number of hydrazine groups is 1. The Hall–Kier alpha value is -4.55. The second kappa shape index (κ2) is 9.82. The molecule has 7 rings (SSSR count). The molecule has 1 saturated heterocycles. The van der Waals surface area contributed by atoms with Crippen LogP contribution >= 0.6 is 0 Å². The molecular formula is C29H28FN7O4. The highest BCUT2D eigenvalue weighted by molar-refractivity contribution is 5.95. The van der Waals surface area contributed by atoms with E-state index in [0.29, 0.717) is 55.2 Å². The molecule has 12 heteroatoms. The first-order valence-corrected chi connectivity index (χ1v) is 13.6. The van der Waals surface area contributed by atoms with Crippen LogP contribution in [0.15, 0.2) is 65.8 Å². The van der Waals surface area contributed by atoms with E-state index in [1.54, 1.807) is 40.4 Å². The van der Waals surface area contributed by atoms with Crippen LogP contribution in [0.2, 0.25) is 0 Å². The van der Waals surface area contributed by atoms with Crippen molar-refractivity contribution in [3.05, 3.63) is 88.4 Å². The number of amides is 1. The van der Waals surface area contributed by atoms with Crippen LogP contribution < -0.4 is 20.7 Å². The number of carbonyl (C=O) groups is 1. The number of aromatic nitrogens is 4. The Morgan fingerprint density at radius 2 is 1.83 bits per heavy atom. The normalized spacial score (nSPS) is 17.3. The number of benzene rings is 2. The van der Waals surface area contributed by atoms with Gasteiger partial charge in [-0.2, -0.15) is 5.10 Å². The Morgan fingerprint density at radius 3 is 2.59 bits per heavy atom. The number of fused-ring (bicyclic) bond motifs is 2. The third-order valence-electron chi connectivity index (χ3n) is 8.04. The number of hydrogen-bond donors (Lipinski definition) is 2. The Balaban J connectivity index is 1.00. The lowest BCUT2D eigenvalue weighted by Crippen LogP contribution is -2.49. The highest BCUT2D eigenvalue weighted by Gasteiger charge is 2.36. The van der Waals surface area contributed by atoms with E-state index in [-0.39, 0.29) is 30.4 Å². The fourth-order valence-electron chi connectivity index (χ4n) is 5.71. The number of anilines is 2. The van der Waals surface area contributed by atoms with E-state index < -0.39 is 5.60 Å². The lowest BCUT2D eigenvalue weighted by atomic mass is 9.90. The molecule has 2 N–H and O–H groups in total. The van der Waals surface area contributed by atoms with Crippen molar-refractivity contribution >= 4 is 17.4 Å². The van der Waals surface area contributed by atoms with Gasteiger partial charge < -0.3 is 14.7 Å². The molecule has 11 nitrogen and oxygen atoms in total. The van der Waals surface area contributed by atoms with Crippen molar-refractivity contribution in [2.45, 2.75) is 38.1 Å². The molecule has 0 spiro atoms. The number of ether oxygens (including phenoxy) is 1. The van der Waals surface area contributed by atoms with Gasteiger partial charge >= 0.3 is 0 Å². The smallest absolute Gasteiger partial charge is 0.260 e. The molecule has 2 aromatic carbocycles. The van der Waals surface area contributed by atoms with Crippen LogP contribution in [0.5, 0.6) is 5.88 Å². The molecule has 2 aromatic heterocycles. The summed E-state index contributed by atoms with van der Waals surface area (Å²) < 4.78 is 22.3. The summed E-state index contributed by atoms with van der Waals surface area (Å²) >= 11 is 0. The number of hydrogen-bond acceptors (Lipinski definition) is 8. The summed E-state index contributed by atoms with van der Waals surface area (Å²) in [6.07, 6.45) is 3.88. The van der Waals surface area contributed by atoms with Crippen LogP contribution in [0.1, 0.15) is 28.8 Å². The van der Waals surface area contributed by atoms with Crippen molar-refractivity contribution in [1.29, 1.82) is 0 Å². The number of rotatable bonds is 5. The minimum Gasteiger partial charge on any atom is -0.475 e. The topological polar surface area (TPSA) is 118 Å². The molecule has 4 aromatic rings. The summed E-state index contributed by atoms with van der Waals surface area (Å²) in [5.41, 5.74) is 5.27. The standard InChI is InChI=1S/C29H28FN7O4/c30-21-5-7-22(8-6-21)37-25-24(16-33-37)27(39)35(18-31-25)17-29(40)9-11-34(12-10-29)26(38)20-3-1-19(2-4-20)23-15-32-36-13-14-41-28(23)36/h1-8,15,18,33,40H,9-14,16-17H2. The molecule has 0 bridgehead atoms. The van der Waals surface area contributed by atoms with Crippen molar-refractivity contribution in [3.63, 3.8) is 0 Å². The second-order valence-electron chi connectivity index (χ2n) is 10.7. The molecule has 1 amide bonds. The van der Waals surface area contributed by atoms with E-state index in [4.69, 9.17) is 4.74 Å². The van der Waals surface area contributed by atoms with Crippen LogP contribution in [-0.2, 0) is 19.6 Å². The number of likely N-dealkylation sites (tertiary alicyclic amines) is 1. The summed E-state index contributed by atoms with van der Waals surface area (Å²) in [4.78, 5) is 32.7. The number of carbonyl (C=O) groups excluding carboxylic acids is 1. The number of nitrogens with zero attached hydrogens (tertiary/aromatic N) is 6. The Labute approximate surface area is 234 Å². The molecule has 41 heavy (non-hydrogen) atoms. The number of nitrogens with one attached hydrogen (secondary N) is 1. The zero-order valence-corrected chi connectivity index (χ0v) is 22.2. The third-order valence-corrected chi connectivity index (χ3v) is 8.04. The SMILES string of the molecule is O=C(c1ccc(-c2cnn3c2OCC3)cc1)N1CCC(O)(Cn2cnc3c(c2=O)CNN3c2ccc(F)cc2)CC1. The molecule has 1 fully saturated rings. The van der Waals surface area contributed by atoms with E-state index in [0.717, 1.165) is 23.6 Å². The van der Waals surface area contributed by atoms with Crippen molar-refractivity contribution < 1.29 is 19.0 Å². The van der Waals surface area contributed by atoms with Gasteiger partial charge in [0.15, 0.2) is 5.82 Å². The molecule has 0 atom stereocenters. The number of halogens is 1. The summed E-state index contributed by atoms with van der Waals surface area (Å²) in [6.45, 7) is 2.44. The third kappa shape index (κ3) is 4.54. The second-order valence-corrected chi connectivity index (χ2v) is 10.7. The zero-order valence-electron chi connectivity index (χ0n) is 22.2. The van der Waals surface area contributed by atoms with E-state index in [2.05, 4.69) is 15.5 Å². The van der Waals surface area contributed by atoms with E-state index in [9.17, 15) is 19.1 Å². The molecular weight excluding hydrogens is 529 g/mol. The predicted octanol–water partition coefficient (Wildman–Crippen LogP) is 2.46. The Morgan fingerprint density at radius 1 is 1.07 bits per heavy atom. The lowest BCUT2D eigenvalue weighted by Gasteiger charge is -2.38. The summed E-state index contributed by atoms with van der Waals surface area (Å²) in [7, 11) is 0. The van der Waals surface area contributed by atoms with Gasteiger partial charge in [-0.1, -0.05) is 12.1 Å². The molecule has 0 radical (unpaired) electrons. The van der Waals surface area contributed by atoms with E-state index >= 15 is 0 Å². The minimum atomic E-state index is -1.15. The summed E-state index contributed by atoms with van der Waals surface area (Å²) in [6, 6.07) is 13.3. The van der Waals surface area contributed by atoms with Crippen molar-refractivity contribution in [2.24, 2.45) is 0 Å². The predicted molar refractivity (Wildman–Crippen MR) is 147 cm³/mol. The monoisotopic (exact) mass is 557 g/mol. The highest BCUT2D eigenvalue weighted by atomic mass is 19.1. The molecule has 0 saturated carbocycles. The first-order chi connectivity index (χ1) is 19.9. The fourth-order valence-corrected chi connectivity index (χ4v) is 5.71. The minimum absolute atomic E-state index is 0.0808. The van der Waals surface area contributed by atoms with E-state index in [1.807, 2.05) is 16.8 Å². The van der Waals surface area contributed by atoms with Crippen molar-refractivity contribution in [2.75, 3.05) is 24.7 Å². The average molecular weight is 558 g/mol. The number of piperidine rings is 1. The largest absolute Gasteiger partial charge is 0.475 e. The molecule has 210 valence electrons. The van der Waals surface area contributed by atoms with Crippen LogP contribution in [-0.4, -0.2) is 60.5 Å². The maximum atomic E-state index is 13.3. The summed E-state index contributed by atoms with van der Waals surface area (Å²) in [5, 5.41) is 17.3. The van der Waals surface area contributed by atoms with Gasteiger partial charge in [0.25, 0.3) is 11.5 Å². The van der Waals surface area contributed by atoms with Gasteiger partial charge in [-0.25, -0.2) is 19.5 Å². The van der Waals surface area contributed by atoms with Crippen LogP contribution in [0.25, 0.3) is 11.1 Å². The zero-order chi connectivity index (χ0) is 28.1. The summed E-state index contributed by atoms with van der Waals surface area (Å²) in [5.74, 6) is 0.762. The highest BCUT2D eigenvalue weighted by Crippen LogP contribution is 2.33. The molecule has 0 aliphatic carbocycles. The maximum absolute atomic E-state index is 13.3. The van der Waals surface area contributed by atoms with E-state index in [1.165, 1.54) is 23.0 Å². The maximum Gasteiger partial charge on any atom is 0.260 e. The fraction of sp³-hybridized carbons (Fsp3) is 0.310. The van der Waals surface area contributed by atoms with Crippen molar-refractivity contribution in [1.82, 2.24) is 29.7 Å². The van der Waals surface area contributed by atoms with Crippen molar-refractivity contribution in [3.8, 4) is 17.0 Å². The van der Waals surface area contributed by atoms with Crippen LogP contribution in [0, 0.1) is 5.82 Å². The Bertz CT molecular complexity index is 1670. The molecule has 3 aliphatic rings. The van der Waals surface area contributed by atoms with Gasteiger partial charge in [-0.05, 0) is 54.8 Å². The average Bonchev–Trinajstić information content (AvgIpc) is 3.72. The van der Waals surface area contributed by atoms with Gasteiger partial charge in [-0.15, -0.1) is 0 Å². The quantitative estimate of drug-likeness (QED) is 0.384. The van der Waals surface area contributed by atoms with Gasteiger partial charge in [0.2, 0.25) is 5.88 Å². The van der Waals surface area contributed by atoms with Gasteiger partial charge in [0.05, 0.1) is 41.7 Å². The molecule has 3 aliphatic heterocycles. The van der Waals surface area contributed by atoms with Gasteiger partial charge in [0.1, 0.15) is 18.8 Å². The van der Waals surface area contributed by atoms with Gasteiger partial charge in [0, 0.05) is 25.2 Å². The van der Waals surface area contributed by atoms with Gasteiger partial charge in [-0.3, -0.25) is 19.2 Å². The molecule has 0 unspecified atom stereocenters. The Kier molecular flexibility index (Phi) is 6.09. The molecule has 5 heterocycles. The first-order valence-electron chi connectivity index (χ1n) is 13.6.